The first-order valence-electron chi connectivity index (χ1n) is 7.62. The molecule has 0 amide bonds. The molecular weight excluding hydrogens is 330 g/mol. The smallest absolute Gasteiger partial charge is 0.400 e. The van der Waals surface area contributed by atoms with Crippen molar-refractivity contribution in [3.05, 3.63) is 29.2 Å². The number of nitrogen functional groups attached to an aromatic ring is 1. The summed E-state index contributed by atoms with van der Waals surface area (Å²) in [5.74, 6) is -0.300. The molecule has 1 aromatic rings. The number of anilines is 1. The predicted molar refractivity (Wildman–Crippen MR) is 95.8 cm³/mol. The second-order valence-corrected chi connectivity index (χ2v) is 7.89. The summed E-state index contributed by atoms with van der Waals surface area (Å²) < 4.78 is 25.3. The summed E-state index contributed by atoms with van der Waals surface area (Å²) in [6.07, 6.45) is 3.16. The lowest BCUT2D eigenvalue weighted by molar-refractivity contribution is -0.109. The number of carbonyl (C=O) groups is 1. The van der Waals surface area contributed by atoms with E-state index in [-0.39, 0.29) is 10.8 Å². The van der Waals surface area contributed by atoms with Gasteiger partial charge in [0, 0.05) is 18.9 Å². The largest absolute Gasteiger partial charge is 0.491 e. The van der Waals surface area contributed by atoms with E-state index in [1.807, 2.05) is 27.7 Å². The maximum Gasteiger partial charge on any atom is 0.491 e. The molecule has 0 aliphatic carbocycles. The van der Waals surface area contributed by atoms with Gasteiger partial charge in [0.2, 0.25) is 5.95 Å². The van der Waals surface area contributed by atoms with E-state index in [1.165, 1.54) is 19.2 Å². The summed E-state index contributed by atoms with van der Waals surface area (Å²) >= 11 is 1.16. The van der Waals surface area contributed by atoms with Gasteiger partial charge in [-0.15, -0.1) is 0 Å². The van der Waals surface area contributed by atoms with Crippen molar-refractivity contribution in [3.63, 3.8) is 0 Å². The molecule has 0 spiro atoms. The van der Waals surface area contributed by atoms with E-state index in [0.717, 1.165) is 17.2 Å². The molecule has 0 radical (unpaired) electrons. The number of nitrogens with two attached hydrogens (primary N) is 1. The number of carbonyl (C=O) groups excluding carboxylic acids is 1. The molecule has 2 heterocycles. The van der Waals surface area contributed by atoms with Gasteiger partial charge < -0.3 is 15.0 Å². The van der Waals surface area contributed by atoms with Crippen LogP contribution in [0.4, 0.5) is 10.1 Å². The van der Waals surface area contributed by atoms with E-state index >= 15 is 0 Å². The zero-order valence-electron chi connectivity index (χ0n) is 14.6. The van der Waals surface area contributed by atoms with Crippen LogP contribution in [-0.4, -0.2) is 34.2 Å². The van der Waals surface area contributed by atoms with Crippen LogP contribution < -0.4 is 5.73 Å². The van der Waals surface area contributed by atoms with Gasteiger partial charge in [-0.05, 0) is 44.8 Å². The predicted octanol–water partition coefficient (Wildman–Crippen LogP) is 3.10. The Kier molecular flexibility index (Phi) is 5.42. The Hall–Kier alpha value is -1.38. The Morgan fingerprint density at radius 3 is 2.46 bits per heavy atom. The molecular formula is C16H22BFN2O3S. The molecule has 0 bridgehead atoms. The van der Waals surface area contributed by atoms with Crippen LogP contribution in [0.5, 0.6) is 0 Å². The van der Waals surface area contributed by atoms with Gasteiger partial charge in [-0.1, -0.05) is 17.8 Å². The molecule has 1 aliphatic heterocycles. The monoisotopic (exact) mass is 352 g/mol. The normalized spacial score (nSPS) is 19.6. The number of hydrogen-bond donors (Lipinski definition) is 1. The van der Waals surface area contributed by atoms with Crippen LogP contribution in [0.15, 0.2) is 17.7 Å². The van der Waals surface area contributed by atoms with Gasteiger partial charge in [0.05, 0.1) is 16.9 Å². The third-order valence-corrected chi connectivity index (χ3v) is 5.12. The fraction of sp³-hybridized carbons (Fsp3) is 0.500. The van der Waals surface area contributed by atoms with Crippen molar-refractivity contribution < 1.29 is 18.5 Å². The average Bonchev–Trinajstić information content (AvgIpc) is 2.67. The number of nitrogens with zero attached hydrogens (tertiary/aromatic N) is 1. The molecule has 1 saturated heterocycles. The summed E-state index contributed by atoms with van der Waals surface area (Å²) in [6.45, 7) is 9.34. The number of halogens is 1. The number of aromatic nitrogens is 1. The third-order valence-electron chi connectivity index (χ3n) is 4.24. The van der Waals surface area contributed by atoms with Crippen molar-refractivity contribution >= 4 is 35.8 Å². The van der Waals surface area contributed by atoms with Crippen molar-refractivity contribution in [2.45, 2.75) is 45.8 Å². The van der Waals surface area contributed by atoms with Gasteiger partial charge in [0.25, 0.3) is 0 Å². The van der Waals surface area contributed by atoms with E-state index in [0.29, 0.717) is 11.3 Å². The van der Waals surface area contributed by atoms with Crippen molar-refractivity contribution in [2.24, 2.45) is 0 Å². The summed E-state index contributed by atoms with van der Waals surface area (Å²) in [5.41, 5.74) is 5.95. The molecule has 2 rings (SSSR count). The molecule has 2 N–H and O–H groups in total. The molecule has 0 unspecified atom stereocenters. The minimum atomic E-state index is -0.706. The Morgan fingerprint density at radius 2 is 1.96 bits per heavy atom. The molecule has 0 saturated carbocycles. The zero-order chi connectivity index (χ0) is 18.1. The molecule has 0 aromatic carbocycles. The first-order valence-corrected chi connectivity index (χ1v) is 8.61. The van der Waals surface area contributed by atoms with Crippen LogP contribution in [-0.2, 0) is 14.1 Å². The number of rotatable bonds is 4. The fourth-order valence-electron chi connectivity index (χ4n) is 2.13. The number of pyridine rings is 1. The standard InChI is InChI=1S/C16H22BFN2O3S/c1-10(21)24-9-12(6-11-7-13(19)14(18)20-8-11)17-22-15(2,3)16(4,5)23-17/h6-8H,9,19H2,1-5H3. The molecule has 1 aliphatic rings. The highest BCUT2D eigenvalue weighted by Crippen LogP contribution is 2.39. The maximum atomic E-state index is 13.2. The first kappa shape index (κ1) is 19.0. The van der Waals surface area contributed by atoms with Crippen LogP contribution in [0.3, 0.4) is 0 Å². The molecule has 0 atom stereocenters. The highest BCUT2D eigenvalue weighted by Gasteiger charge is 2.52. The van der Waals surface area contributed by atoms with Crippen molar-refractivity contribution in [3.8, 4) is 0 Å². The van der Waals surface area contributed by atoms with Gasteiger partial charge >= 0.3 is 7.12 Å². The van der Waals surface area contributed by atoms with E-state index in [4.69, 9.17) is 15.0 Å². The number of thioether (sulfide) groups is 1. The first-order chi connectivity index (χ1) is 11.0. The summed E-state index contributed by atoms with van der Waals surface area (Å²) in [7, 11) is -0.590. The third kappa shape index (κ3) is 4.17. The second kappa shape index (κ2) is 6.86. The lowest BCUT2D eigenvalue weighted by Gasteiger charge is -2.32. The molecule has 1 aromatic heterocycles. The Balaban J connectivity index is 2.33. The summed E-state index contributed by atoms with van der Waals surface area (Å²) in [4.78, 5) is 15.0. The van der Waals surface area contributed by atoms with E-state index in [9.17, 15) is 9.18 Å². The van der Waals surface area contributed by atoms with Crippen molar-refractivity contribution in [1.82, 2.24) is 4.98 Å². The van der Waals surface area contributed by atoms with Gasteiger partial charge in [-0.25, -0.2) is 4.98 Å². The molecule has 24 heavy (non-hydrogen) atoms. The Labute approximate surface area is 146 Å². The topological polar surface area (TPSA) is 74.4 Å². The van der Waals surface area contributed by atoms with Gasteiger partial charge in [0.1, 0.15) is 0 Å². The van der Waals surface area contributed by atoms with Crippen LogP contribution in [0.1, 0.15) is 40.2 Å². The lowest BCUT2D eigenvalue weighted by atomic mass is 9.78. The minimum Gasteiger partial charge on any atom is -0.400 e. The highest BCUT2D eigenvalue weighted by atomic mass is 32.2. The Bertz CT molecular complexity index is 663. The second-order valence-electron chi connectivity index (χ2n) is 6.74. The number of hydrogen-bond acceptors (Lipinski definition) is 6. The molecule has 8 heteroatoms. The van der Waals surface area contributed by atoms with Crippen molar-refractivity contribution in [2.75, 3.05) is 11.5 Å². The van der Waals surface area contributed by atoms with E-state index in [1.54, 1.807) is 6.08 Å². The average molecular weight is 352 g/mol. The van der Waals surface area contributed by atoms with Crippen LogP contribution in [0.25, 0.3) is 6.08 Å². The maximum absolute atomic E-state index is 13.2. The van der Waals surface area contributed by atoms with Crippen LogP contribution in [0, 0.1) is 5.95 Å². The quantitative estimate of drug-likeness (QED) is 0.663. The minimum absolute atomic E-state index is 0.00541. The van der Waals surface area contributed by atoms with Crippen LogP contribution in [0.2, 0.25) is 0 Å². The highest BCUT2D eigenvalue weighted by molar-refractivity contribution is 8.13. The summed E-state index contributed by atoms with van der Waals surface area (Å²) in [6, 6.07) is 1.49. The Morgan fingerprint density at radius 1 is 1.38 bits per heavy atom. The van der Waals surface area contributed by atoms with Crippen LogP contribution >= 0.6 is 11.8 Å². The zero-order valence-corrected chi connectivity index (χ0v) is 15.4. The van der Waals surface area contributed by atoms with Gasteiger partial charge in [-0.3, -0.25) is 4.79 Å². The van der Waals surface area contributed by atoms with Gasteiger partial charge in [0.15, 0.2) is 5.12 Å². The van der Waals surface area contributed by atoms with Crippen molar-refractivity contribution in [1.29, 1.82) is 0 Å². The molecule has 1 fully saturated rings. The van der Waals surface area contributed by atoms with E-state index in [2.05, 4.69) is 4.98 Å². The van der Waals surface area contributed by atoms with E-state index < -0.39 is 24.3 Å². The lowest BCUT2D eigenvalue weighted by Crippen LogP contribution is -2.41. The molecule has 5 nitrogen and oxygen atoms in total. The summed E-state index contributed by atoms with van der Waals surface area (Å²) in [5, 5.41) is -0.00541. The fourth-order valence-corrected chi connectivity index (χ4v) is 2.72. The SMILES string of the molecule is CC(=O)SCC(=Cc1cnc(F)c(N)c1)B1OC(C)(C)C(C)(C)O1. The van der Waals surface area contributed by atoms with Gasteiger partial charge in [-0.2, -0.15) is 4.39 Å². The molecule has 130 valence electrons.